The van der Waals surface area contributed by atoms with Crippen molar-refractivity contribution in [2.24, 2.45) is 0 Å². The zero-order chi connectivity index (χ0) is 16.5. The Morgan fingerprint density at radius 1 is 1.17 bits per heavy atom. The minimum Gasteiger partial charge on any atom is -0.365 e. The van der Waals surface area contributed by atoms with Gasteiger partial charge in [0, 0.05) is 16.4 Å². The van der Waals surface area contributed by atoms with Crippen LogP contribution < -0.4 is 5.32 Å². The summed E-state index contributed by atoms with van der Waals surface area (Å²) in [6.07, 6.45) is 6.90. The van der Waals surface area contributed by atoms with E-state index in [1.807, 2.05) is 41.9 Å². The minimum atomic E-state index is 0.738. The van der Waals surface area contributed by atoms with Crippen LogP contribution in [-0.2, 0) is 19.4 Å². The van der Waals surface area contributed by atoms with Crippen LogP contribution in [0.5, 0.6) is 0 Å². The summed E-state index contributed by atoms with van der Waals surface area (Å²) in [5.41, 5.74) is 2.66. The van der Waals surface area contributed by atoms with Gasteiger partial charge in [0.05, 0.1) is 5.39 Å². The van der Waals surface area contributed by atoms with Crippen molar-refractivity contribution >= 4 is 50.7 Å². The Labute approximate surface area is 154 Å². The van der Waals surface area contributed by atoms with Crippen LogP contribution >= 0.6 is 34.7 Å². The highest BCUT2D eigenvalue weighted by Crippen LogP contribution is 2.39. The van der Waals surface area contributed by atoms with Crippen LogP contribution in [-0.4, -0.2) is 16.2 Å². The molecule has 0 atom stereocenters. The third-order valence-electron chi connectivity index (χ3n) is 4.35. The molecule has 0 saturated carbocycles. The molecule has 3 nitrogen and oxygen atoms in total. The lowest BCUT2D eigenvalue weighted by Gasteiger charge is -2.13. The molecule has 0 saturated heterocycles. The summed E-state index contributed by atoms with van der Waals surface area (Å²) < 4.78 is 0. The molecule has 2 aromatic heterocycles. The molecule has 0 aliphatic heterocycles. The molecule has 1 N–H and O–H groups in total. The zero-order valence-corrected chi connectivity index (χ0v) is 15.8. The third-order valence-corrected chi connectivity index (χ3v) is 6.34. The van der Waals surface area contributed by atoms with Gasteiger partial charge in [0.1, 0.15) is 10.6 Å². The lowest BCUT2D eigenvalue weighted by molar-refractivity contribution is 0.700. The van der Waals surface area contributed by atoms with Gasteiger partial charge in [-0.3, -0.25) is 0 Å². The molecule has 4 rings (SSSR count). The number of thioether (sulfide) groups is 1. The van der Waals surface area contributed by atoms with Crippen molar-refractivity contribution in [3.05, 3.63) is 45.3 Å². The lowest BCUT2D eigenvalue weighted by Crippen LogP contribution is -2.05. The Bertz CT molecular complexity index is 874. The quantitative estimate of drug-likeness (QED) is 0.478. The largest absolute Gasteiger partial charge is 0.365 e. The van der Waals surface area contributed by atoms with E-state index in [1.165, 1.54) is 40.7 Å². The van der Waals surface area contributed by atoms with E-state index in [4.69, 9.17) is 21.6 Å². The molecule has 0 unspecified atom stereocenters. The van der Waals surface area contributed by atoms with Crippen molar-refractivity contribution in [2.45, 2.75) is 37.4 Å². The maximum absolute atomic E-state index is 5.97. The third kappa shape index (κ3) is 3.13. The number of rotatable bonds is 4. The van der Waals surface area contributed by atoms with Crippen LogP contribution in [0.1, 0.15) is 28.8 Å². The highest BCUT2D eigenvalue weighted by atomic mass is 35.5. The maximum atomic E-state index is 5.97. The number of aryl methyl sites for hydroxylation is 2. The number of aromatic nitrogens is 2. The Balaban J connectivity index is 1.72. The van der Waals surface area contributed by atoms with Crippen LogP contribution in [0.4, 0.5) is 5.82 Å². The first kappa shape index (κ1) is 16.2. The average Bonchev–Trinajstić information content (AvgIpc) is 2.99. The number of benzene rings is 1. The smallest absolute Gasteiger partial charge is 0.190 e. The van der Waals surface area contributed by atoms with E-state index in [9.17, 15) is 0 Å². The van der Waals surface area contributed by atoms with Crippen LogP contribution in [0.25, 0.3) is 10.2 Å². The molecular formula is C18H18ClN3S2. The molecule has 124 valence electrons. The van der Waals surface area contributed by atoms with E-state index in [0.717, 1.165) is 33.8 Å². The normalized spacial score (nSPS) is 13.9. The van der Waals surface area contributed by atoms with Gasteiger partial charge in [0.2, 0.25) is 0 Å². The van der Waals surface area contributed by atoms with Crippen LogP contribution in [0.2, 0.25) is 5.02 Å². The van der Waals surface area contributed by atoms with Crippen LogP contribution in [0, 0.1) is 0 Å². The van der Waals surface area contributed by atoms with E-state index >= 15 is 0 Å². The molecule has 0 amide bonds. The topological polar surface area (TPSA) is 37.8 Å². The molecule has 2 heterocycles. The van der Waals surface area contributed by atoms with Gasteiger partial charge in [0.15, 0.2) is 5.16 Å². The first-order valence-electron chi connectivity index (χ1n) is 8.09. The predicted octanol–water partition coefficient (Wildman–Crippen LogP) is 5.56. The maximum Gasteiger partial charge on any atom is 0.190 e. The molecular weight excluding hydrogens is 358 g/mol. The number of halogens is 1. The van der Waals surface area contributed by atoms with E-state index in [2.05, 4.69) is 5.32 Å². The van der Waals surface area contributed by atoms with Gasteiger partial charge in [-0.25, -0.2) is 9.97 Å². The predicted molar refractivity (Wildman–Crippen MR) is 105 cm³/mol. The van der Waals surface area contributed by atoms with Crippen LogP contribution in [0.3, 0.4) is 0 Å². The number of anilines is 1. The molecule has 3 aromatic rings. The van der Waals surface area contributed by atoms with Crippen LogP contribution in [0.15, 0.2) is 29.4 Å². The number of nitrogens with one attached hydrogen (secondary N) is 1. The Morgan fingerprint density at radius 3 is 2.75 bits per heavy atom. The number of hydrogen-bond acceptors (Lipinski definition) is 5. The van der Waals surface area contributed by atoms with Crippen molar-refractivity contribution in [3.63, 3.8) is 0 Å². The number of fused-ring (bicyclic) bond motifs is 3. The van der Waals surface area contributed by atoms with Gasteiger partial charge < -0.3 is 5.32 Å². The van der Waals surface area contributed by atoms with Crippen molar-refractivity contribution < 1.29 is 0 Å². The van der Waals surface area contributed by atoms with Gasteiger partial charge >= 0.3 is 0 Å². The number of hydrogen-bond donors (Lipinski definition) is 1. The second-order valence-corrected chi connectivity index (χ2v) is 8.22. The van der Waals surface area contributed by atoms with Crippen molar-refractivity contribution in [2.75, 3.05) is 11.6 Å². The number of thiophene rings is 1. The first-order valence-corrected chi connectivity index (χ1v) is 10.5. The van der Waals surface area contributed by atoms with Gasteiger partial charge in [-0.1, -0.05) is 35.5 Å². The molecule has 6 heteroatoms. The summed E-state index contributed by atoms with van der Waals surface area (Å²) in [5.74, 6) is 0.971. The summed E-state index contributed by atoms with van der Waals surface area (Å²) in [6, 6.07) is 7.94. The summed E-state index contributed by atoms with van der Waals surface area (Å²) in [5, 5.41) is 6.37. The summed E-state index contributed by atoms with van der Waals surface area (Å²) in [6.45, 7) is 0.738. The number of nitrogens with zero attached hydrogens (tertiary/aromatic N) is 2. The highest BCUT2D eigenvalue weighted by Gasteiger charge is 2.21. The summed E-state index contributed by atoms with van der Waals surface area (Å²) >= 11 is 9.41. The molecule has 0 fully saturated rings. The Morgan fingerprint density at radius 2 is 1.96 bits per heavy atom. The first-order chi connectivity index (χ1) is 11.7. The molecule has 1 aromatic carbocycles. The van der Waals surface area contributed by atoms with Crippen molar-refractivity contribution in [3.8, 4) is 0 Å². The lowest BCUT2D eigenvalue weighted by atomic mass is 9.97. The molecule has 1 aliphatic rings. The fourth-order valence-corrected chi connectivity index (χ4v) is 4.96. The van der Waals surface area contributed by atoms with Gasteiger partial charge in [-0.05, 0) is 55.2 Å². The Kier molecular flexibility index (Phi) is 4.66. The second-order valence-electron chi connectivity index (χ2n) is 5.93. The fourth-order valence-electron chi connectivity index (χ4n) is 3.15. The standard InChI is InChI=1S/C18H18ClN3S2/c1-23-18-21-16(20-10-11-6-8-12(19)9-7-11)15-13-4-2-3-5-14(13)24-17(15)22-18/h6-9H,2-5,10H2,1H3,(H,20,21,22). The molecule has 0 bridgehead atoms. The molecule has 0 radical (unpaired) electrons. The summed E-state index contributed by atoms with van der Waals surface area (Å²) in [7, 11) is 0. The zero-order valence-electron chi connectivity index (χ0n) is 13.4. The summed E-state index contributed by atoms with van der Waals surface area (Å²) in [4.78, 5) is 12.1. The molecule has 1 aliphatic carbocycles. The molecule has 24 heavy (non-hydrogen) atoms. The van der Waals surface area contributed by atoms with Gasteiger partial charge in [0.25, 0.3) is 0 Å². The SMILES string of the molecule is CSc1nc(NCc2ccc(Cl)cc2)c2c3c(sc2n1)CCCC3. The van der Waals surface area contributed by atoms with Gasteiger partial charge in [-0.2, -0.15) is 0 Å². The van der Waals surface area contributed by atoms with Crippen molar-refractivity contribution in [1.29, 1.82) is 0 Å². The van der Waals surface area contributed by atoms with Gasteiger partial charge in [-0.15, -0.1) is 11.3 Å². The van der Waals surface area contributed by atoms with E-state index in [1.54, 1.807) is 11.8 Å². The van der Waals surface area contributed by atoms with E-state index in [-0.39, 0.29) is 0 Å². The molecule has 0 spiro atoms. The highest BCUT2D eigenvalue weighted by molar-refractivity contribution is 7.98. The van der Waals surface area contributed by atoms with E-state index < -0.39 is 0 Å². The monoisotopic (exact) mass is 375 g/mol. The van der Waals surface area contributed by atoms with Crippen molar-refractivity contribution in [1.82, 2.24) is 9.97 Å². The minimum absolute atomic E-state index is 0.738. The Hall–Kier alpha value is -1.30. The second kappa shape index (κ2) is 6.90. The van der Waals surface area contributed by atoms with E-state index in [0.29, 0.717) is 0 Å². The fraction of sp³-hybridized carbons (Fsp3) is 0.333. The average molecular weight is 376 g/mol.